The van der Waals surface area contributed by atoms with Crippen LogP contribution in [0, 0.1) is 22.7 Å². The molecule has 16 nitrogen and oxygen atoms in total. The molecular formula is C28H22F6N10O6. The lowest BCUT2D eigenvalue weighted by Crippen LogP contribution is -2.56. The van der Waals surface area contributed by atoms with E-state index in [0.29, 0.717) is 11.4 Å². The van der Waals surface area contributed by atoms with Gasteiger partial charge in [0.15, 0.2) is 11.4 Å². The van der Waals surface area contributed by atoms with Crippen molar-refractivity contribution >= 4 is 29.0 Å². The summed E-state index contributed by atoms with van der Waals surface area (Å²) < 4.78 is 87.1. The Hall–Kier alpha value is -6.84. The number of alkyl halides is 6. The van der Waals surface area contributed by atoms with E-state index in [1.807, 2.05) is 6.07 Å². The molecular weight excluding hydrogens is 686 g/mol. The van der Waals surface area contributed by atoms with Crippen LogP contribution in [0.3, 0.4) is 0 Å². The second-order valence-corrected chi connectivity index (χ2v) is 9.42. The number of carbonyl (C=O) groups is 2. The second kappa shape index (κ2) is 15.4. The third-order valence-corrected chi connectivity index (χ3v) is 6.43. The summed E-state index contributed by atoms with van der Waals surface area (Å²) in [7, 11) is 1.91. The van der Waals surface area contributed by atoms with Gasteiger partial charge in [-0.15, -0.1) is 0 Å². The third-order valence-electron chi connectivity index (χ3n) is 6.43. The number of rotatable bonds is 3. The normalized spacial score (nSPS) is 14.2. The molecule has 5 rings (SSSR count). The number of fused-ring (bicyclic) bond motifs is 1. The highest BCUT2D eigenvalue weighted by Crippen LogP contribution is 2.35. The second-order valence-electron chi connectivity index (χ2n) is 9.42. The molecule has 0 amide bonds. The maximum atomic E-state index is 13.1. The molecule has 3 aromatic rings. The average Bonchev–Trinajstić information content (AvgIpc) is 3.70. The number of hydrogen-bond acceptors (Lipinski definition) is 13. The van der Waals surface area contributed by atoms with Gasteiger partial charge in [0.05, 0.1) is 55.1 Å². The summed E-state index contributed by atoms with van der Waals surface area (Å²) in [6.45, 7) is -0.00420. The Balaban J connectivity index is 0.000000225. The number of hydrogen-bond donors (Lipinski definition) is 5. The minimum absolute atomic E-state index is 0.00420. The minimum atomic E-state index is -4.75. The van der Waals surface area contributed by atoms with E-state index < -0.39 is 69.1 Å². The molecule has 5 heterocycles. The molecule has 2 aliphatic heterocycles. The van der Waals surface area contributed by atoms with Gasteiger partial charge in [-0.3, -0.25) is 29.3 Å². The van der Waals surface area contributed by atoms with E-state index >= 15 is 0 Å². The lowest BCUT2D eigenvalue weighted by Gasteiger charge is -2.17. The van der Waals surface area contributed by atoms with Crippen molar-refractivity contribution in [2.24, 2.45) is 0 Å². The third kappa shape index (κ3) is 8.17. The molecule has 6 N–H and O–H groups in total. The summed E-state index contributed by atoms with van der Waals surface area (Å²) in [6, 6.07) is 5.44. The summed E-state index contributed by atoms with van der Waals surface area (Å²) in [5.41, 5.74) is 2.53. The molecule has 0 fully saturated rings. The zero-order valence-electron chi connectivity index (χ0n) is 25.4. The Morgan fingerprint density at radius 1 is 1.06 bits per heavy atom. The van der Waals surface area contributed by atoms with Gasteiger partial charge in [-0.05, 0) is 24.3 Å². The van der Waals surface area contributed by atoms with E-state index in [-0.39, 0.29) is 17.6 Å². The van der Waals surface area contributed by atoms with Gasteiger partial charge in [0.2, 0.25) is 0 Å². The monoisotopic (exact) mass is 708 g/mol. The lowest BCUT2D eigenvalue weighted by atomic mass is 10.00. The molecule has 0 unspecified atom stereocenters. The lowest BCUT2D eigenvalue weighted by molar-refractivity contribution is -0.155. The summed E-state index contributed by atoms with van der Waals surface area (Å²) in [5, 5.41) is 24.7. The number of methoxy groups -OCH3 is 2. The zero-order valence-corrected chi connectivity index (χ0v) is 25.4. The number of nitriles is 2. The van der Waals surface area contributed by atoms with E-state index in [1.165, 1.54) is 12.4 Å². The number of aromatic amines is 2. The number of pyridine rings is 1. The number of esters is 2. The van der Waals surface area contributed by atoms with E-state index in [9.17, 15) is 45.5 Å². The van der Waals surface area contributed by atoms with E-state index in [4.69, 9.17) is 16.3 Å². The van der Waals surface area contributed by atoms with Gasteiger partial charge in [-0.1, -0.05) is 0 Å². The first kappa shape index (κ1) is 37.6. The first-order valence-corrected chi connectivity index (χ1v) is 13.4. The number of aromatic nitrogens is 5. The zero-order chi connectivity index (χ0) is 37.4. The fourth-order valence-electron chi connectivity index (χ4n) is 4.16. The molecule has 2 aliphatic rings. The maximum Gasteiger partial charge on any atom is 0.418 e. The maximum absolute atomic E-state index is 13.1. The van der Waals surface area contributed by atoms with Crippen molar-refractivity contribution in [3.8, 4) is 12.1 Å². The smallest absolute Gasteiger partial charge is 0.418 e. The van der Waals surface area contributed by atoms with Crippen LogP contribution in [0.2, 0.25) is 0 Å². The van der Waals surface area contributed by atoms with Gasteiger partial charge in [0, 0.05) is 12.4 Å². The van der Waals surface area contributed by atoms with Crippen molar-refractivity contribution in [1.29, 1.82) is 10.5 Å². The number of halogens is 6. The van der Waals surface area contributed by atoms with Crippen molar-refractivity contribution in [3.05, 3.63) is 96.7 Å². The summed E-state index contributed by atoms with van der Waals surface area (Å²) in [6.07, 6.45) is -3.99. The van der Waals surface area contributed by atoms with E-state index in [2.05, 4.69) is 40.4 Å². The summed E-state index contributed by atoms with van der Waals surface area (Å²) in [5.74, 6) is -3.88. The van der Waals surface area contributed by atoms with Crippen LogP contribution in [0.1, 0.15) is 22.7 Å². The Kier molecular flexibility index (Phi) is 11.6. The van der Waals surface area contributed by atoms with Gasteiger partial charge in [0.25, 0.3) is 11.1 Å². The topological polar surface area (TPSA) is 247 Å². The van der Waals surface area contributed by atoms with Crippen LogP contribution in [0.15, 0.2) is 58.0 Å². The molecule has 0 aliphatic carbocycles. The summed E-state index contributed by atoms with van der Waals surface area (Å²) in [4.78, 5) is 53.2. The Labute approximate surface area is 274 Å². The highest BCUT2D eigenvalue weighted by atomic mass is 19.4. The number of H-pyrrole nitrogens is 2. The molecule has 0 bridgehead atoms. The molecule has 0 atom stereocenters. The van der Waals surface area contributed by atoms with Crippen molar-refractivity contribution in [2.75, 3.05) is 31.9 Å². The van der Waals surface area contributed by atoms with Crippen LogP contribution < -0.4 is 38.3 Å². The van der Waals surface area contributed by atoms with Crippen LogP contribution in [0.4, 0.5) is 32.2 Å². The number of ether oxygens (including phenoxy) is 2. The van der Waals surface area contributed by atoms with Crippen LogP contribution in [0.25, 0.3) is 11.3 Å². The fraction of sp³-hybridized carbons (Fsp3) is 0.214. The minimum Gasteiger partial charge on any atom is -0.468 e. The molecule has 3 aromatic heterocycles. The van der Waals surface area contributed by atoms with Gasteiger partial charge in [-0.2, -0.15) is 42.0 Å². The van der Waals surface area contributed by atoms with E-state index in [0.717, 1.165) is 49.4 Å². The molecule has 262 valence electrons. The average molecular weight is 709 g/mol. The van der Waals surface area contributed by atoms with Crippen molar-refractivity contribution in [1.82, 2.24) is 30.2 Å². The first-order chi connectivity index (χ1) is 23.5. The number of nitrogen functional groups attached to an aromatic ring is 1. The number of allylic oxidation sites excluding steroid dienone is 2. The van der Waals surface area contributed by atoms with Crippen LogP contribution in [-0.4, -0.2) is 63.7 Å². The Morgan fingerprint density at radius 3 is 2.22 bits per heavy atom. The molecule has 0 radical (unpaired) electrons. The molecule has 50 heavy (non-hydrogen) atoms. The first-order valence-electron chi connectivity index (χ1n) is 13.4. The molecule has 0 saturated heterocycles. The quantitative estimate of drug-likeness (QED) is 0.135. The predicted molar refractivity (Wildman–Crippen MR) is 157 cm³/mol. The number of nitrogens with two attached hydrogens (primary N) is 1. The molecule has 0 saturated carbocycles. The highest BCUT2D eigenvalue weighted by molar-refractivity contribution is 6.00. The van der Waals surface area contributed by atoms with Crippen molar-refractivity contribution < 1.29 is 45.4 Å². The van der Waals surface area contributed by atoms with Crippen molar-refractivity contribution in [2.45, 2.75) is 18.3 Å². The number of anilines is 1. The number of dihydropyridines is 1. The van der Waals surface area contributed by atoms with Crippen LogP contribution in [-0.2, 0) is 25.2 Å². The van der Waals surface area contributed by atoms with Gasteiger partial charge >= 0.3 is 24.3 Å². The van der Waals surface area contributed by atoms with Gasteiger partial charge in [-0.25, -0.2) is 4.68 Å². The standard InChI is InChI=1S/C13H8F3N5O2.C11H10F3NO4.C4H4N4/c14-13(15,16)7-2-1-3-18-9(7)8-11(22)20-10-6(4-17)5-19-21(10)12(8)23;1-18-9(16)7(10(17)19-2)8-6(11(12,13)14)4-3-5-15-8;5-1-3-2-7-8-4(3)6/h1-3,18-19H,5H2,(H,20,22);3-5,7H,1-2H3;2H,(H3,6,7,8). The molecule has 0 spiro atoms. The number of nitrogens with zero attached hydrogens (tertiary/aromatic N) is 5. The number of carbonyl (C=O) groups excluding carboxylic acids is 2. The SMILES string of the molecule is COC(=O)C(C(=O)OC)c1ncccc1C(F)(F)F.N#CC1=c2[nH]c(=O)c(=C3NC=CC=C3C(F)(F)F)c(=O)n2NC1.N#Cc1cn[nH]c1N. The van der Waals surface area contributed by atoms with E-state index in [1.54, 1.807) is 6.07 Å². The summed E-state index contributed by atoms with van der Waals surface area (Å²) >= 11 is 0. The molecule has 22 heteroatoms. The van der Waals surface area contributed by atoms with Crippen molar-refractivity contribution in [3.63, 3.8) is 0 Å². The van der Waals surface area contributed by atoms with Gasteiger partial charge < -0.3 is 30.9 Å². The van der Waals surface area contributed by atoms with Gasteiger partial charge in [0.1, 0.15) is 28.7 Å². The largest absolute Gasteiger partial charge is 0.468 e. The highest BCUT2D eigenvalue weighted by Gasteiger charge is 2.42. The fourth-order valence-corrected chi connectivity index (χ4v) is 4.16. The Morgan fingerprint density at radius 2 is 1.72 bits per heavy atom. The Bertz CT molecular complexity index is 2170. The predicted octanol–water partition coefficient (Wildman–Crippen LogP) is -0.125. The van der Waals surface area contributed by atoms with Crippen LogP contribution in [0.5, 0.6) is 0 Å². The molecule has 0 aromatic carbocycles. The van der Waals surface area contributed by atoms with Crippen LogP contribution >= 0.6 is 0 Å². The number of nitrogens with one attached hydrogen (secondary N) is 4.